The van der Waals surface area contributed by atoms with Gasteiger partial charge in [-0.25, -0.2) is 9.48 Å². The standard InChI is InChI=1S/C23H19F6N5O3/c24-22(25,26)20(23(27,28)29)37-12-13-5-4-6-14(9-13)17-10-18(32-19(35)16-11-30-21(36)31-16)33-34(17)15-7-2-1-3-8-15/h1-10,16,20H,11-12H2,(H2,30,31,36)(H,32,33,35)/t16-/m0/s1. The monoisotopic (exact) mass is 527 g/mol. The molecule has 3 amide bonds. The molecule has 37 heavy (non-hydrogen) atoms. The minimum atomic E-state index is -5.62. The predicted octanol–water partition coefficient (Wildman–Crippen LogP) is 4.17. The molecule has 14 heteroatoms. The maximum absolute atomic E-state index is 12.8. The highest BCUT2D eigenvalue weighted by Crippen LogP contribution is 2.36. The van der Waals surface area contributed by atoms with E-state index in [0.717, 1.165) is 0 Å². The number of hydrogen-bond donors (Lipinski definition) is 3. The van der Waals surface area contributed by atoms with Gasteiger partial charge in [-0.3, -0.25) is 4.79 Å². The Balaban J connectivity index is 1.62. The van der Waals surface area contributed by atoms with E-state index in [1.54, 1.807) is 36.4 Å². The van der Waals surface area contributed by atoms with Gasteiger partial charge in [-0.1, -0.05) is 36.4 Å². The number of benzene rings is 2. The minimum Gasteiger partial charge on any atom is -0.356 e. The number of rotatable bonds is 7. The summed E-state index contributed by atoms with van der Waals surface area (Å²) in [7, 11) is 0. The Labute approximate surface area is 205 Å². The van der Waals surface area contributed by atoms with E-state index < -0.39 is 43.0 Å². The summed E-state index contributed by atoms with van der Waals surface area (Å²) < 4.78 is 82.6. The second kappa shape index (κ2) is 10.1. The van der Waals surface area contributed by atoms with Crippen molar-refractivity contribution in [3.63, 3.8) is 0 Å². The third-order valence-corrected chi connectivity index (χ3v) is 5.28. The maximum Gasteiger partial charge on any atom is 0.423 e. The molecule has 1 saturated heterocycles. The maximum atomic E-state index is 12.8. The molecule has 0 saturated carbocycles. The Hall–Kier alpha value is -4.07. The van der Waals surface area contributed by atoms with Crippen LogP contribution in [0.3, 0.4) is 0 Å². The van der Waals surface area contributed by atoms with Gasteiger partial charge in [0.15, 0.2) is 5.82 Å². The number of ether oxygens (including phenoxy) is 1. The Morgan fingerprint density at radius 2 is 1.76 bits per heavy atom. The molecule has 0 unspecified atom stereocenters. The first-order chi connectivity index (χ1) is 17.4. The van der Waals surface area contributed by atoms with Gasteiger partial charge in [0, 0.05) is 18.2 Å². The molecular formula is C23H19F6N5O3. The van der Waals surface area contributed by atoms with Crippen LogP contribution in [-0.4, -0.2) is 52.8 Å². The van der Waals surface area contributed by atoms with Crippen LogP contribution in [0.5, 0.6) is 0 Å². The number of alkyl halides is 6. The number of urea groups is 1. The molecule has 4 rings (SSSR count). The fraction of sp³-hybridized carbons (Fsp3) is 0.261. The summed E-state index contributed by atoms with van der Waals surface area (Å²) in [6, 6.07) is 14.6. The average molecular weight is 527 g/mol. The van der Waals surface area contributed by atoms with E-state index >= 15 is 0 Å². The number of hydrogen-bond acceptors (Lipinski definition) is 4. The molecule has 2 heterocycles. The number of nitrogens with one attached hydrogen (secondary N) is 3. The molecule has 1 aromatic heterocycles. The van der Waals surface area contributed by atoms with Crippen molar-refractivity contribution in [2.75, 3.05) is 11.9 Å². The van der Waals surface area contributed by atoms with Crippen LogP contribution >= 0.6 is 0 Å². The summed E-state index contributed by atoms with van der Waals surface area (Å²) in [6.07, 6.45) is -15.2. The van der Waals surface area contributed by atoms with Crippen LogP contribution in [0.4, 0.5) is 37.0 Å². The van der Waals surface area contributed by atoms with Crippen molar-refractivity contribution in [3.05, 3.63) is 66.2 Å². The van der Waals surface area contributed by atoms with E-state index in [9.17, 15) is 35.9 Å². The number of halogens is 6. The summed E-state index contributed by atoms with van der Waals surface area (Å²) in [5.74, 6) is -0.420. The zero-order chi connectivity index (χ0) is 26.8. The van der Waals surface area contributed by atoms with E-state index in [0.29, 0.717) is 16.9 Å². The van der Waals surface area contributed by atoms with Crippen LogP contribution in [0.25, 0.3) is 16.9 Å². The lowest BCUT2D eigenvalue weighted by molar-refractivity contribution is -0.324. The highest BCUT2D eigenvalue weighted by Gasteiger charge is 2.57. The molecule has 0 bridgehead atoms. The summed E-state index contributed by atoms with van der Waals surface area (Å²) >= 11 is 0. The first-order valence-electron chi connectivity index (χ1n) is 10.8. The zero-order valence-corrected chi connectivity index (χ0v) is 18.7. The average Bonchev–Trinajstić information content (AvgIpc) is 3.45. The van der Waals surface area contributed by atoms with Crippen molar-refractivity contribution in [2.24, 2.45) is 0 Å². The number of carbonyl (C=O) groups is 2. The van der Waals surface area contributed by atoms with Crippen LogP contribution in [0.2, 0.25) is 0 Å². The van der Waals surface area contributed by atoms with Gasteiger partial charge in [0.25, 0.3) is 0 Å². The smallest absolute Gasteiger partial charge is 0.356 e. The topological polar surface area (TPSA) is 97.3 Å². The number of amides is 3. The fourth-order valence-electron chi connectivity index (χ4n) is 3.62. The summed E-state index contributed by atoms with van der Waals surface area (Å²) in [5.41, 5.74) is 1.41. The Bertz CT molecular complexity index is 1260. The first kappa shape index (κ1) is 26.0. The van der Waals surface area contributed by atoms with Gasteiger partial charge in [0.05, 0.1) is 18.0 Å². The third kappa shape index (κ3) is 6.20. The SMILES string of the molecule is O=C1NC[C@@H](C(=O)Nc2cc(-c3cccc(COC(C(F)(F)F)C(F)(F)F)c3)n(-c3ccccc3)n2)N1. The first-order valence-corrected chi connectivity index (χ1v) is 10.8. The summed E-state index contributed by atoms with van der Waals surface area (Å²) in [4.78, 5) is 23.8. The Morgan fingerprint density at radius 1 is 1.05 bits per heavy atom. The molecule has 1 aliphatic rings. The van der Waals surface area contributed by atoms with Crippen LogP contribution in [0.15, 0.2) is 60.7 Å². The molecular weight excluding hydrogens is 508 g/mol. The van der Waals surface area contributed by atoms with Gasteiger partial charge in [-0.05, 0) is 23.8 Å². The van der Waals surface area contributed by atoms with E-state index in [2.05, 4.69) is 25.8 Å². The second-order valence-corrected chi connectivity index (χ2v) is 8.03. The van der Waals surface area contributed by atoms with Gasteiger partial charge in [-0.2, -0.15) is 26.3 Å². The van der Waals surface area contributed by atoms with E-state index in [-0.39, 0.29) is 17.9 Å². The quantitative estimate of drug-likeness (QED) is 0.402. The molecule has 3 aromatic rings. The molecule has 1 aliphatic heterocycles. The number of para-hydroxylation sites is 1. The molecule has 8 nitrogen and oxygen atoms in total. The zero-order valence-electron chi connectivity index (χ0n) is 18.7. The molecule has 196 valence electrons. The predicted molar refractivity (Wildman–Crippen MR) is 119 cm³/mol. The lowest BCUT2D eigenvalue weighted by Gasteiger charge is -2.23. The summed E-state index contributed by atoms with van der Waals surface area (Å²) in [5, 5.41) is 11.9. The van der Waals surface area contributed by atoms with Gasteiger partial charge >= 0.3 is 18.4 Å². The van der Waals surface area contributed by atoms with Crippen LogP contribution in [0.1, 0.15) is 5.56 Å². The van der Waals surface area contributed by atoms with Crippen molar-refractivity contribution in [1.29, 1.82) is 0 Å². The minimum absolute atomic E-state index is 0.0575. The molecule has 0 radical (unpaired) electrons. The Kier molecular flexibility index (Phi) is 7.12. The van der Waals surface area contributed by atoms with Crippen molar-refractivity contribution >= 4 is 17.8 Å². The molecule has 1 atom stereocenters. The normalized spacial score (nSPS) is 16.0. The van der Waals surface area contributed by atoms with E-state index in [4.69, 9.17) is 0 Å². The highest BCUT2D eigenvalue weighted by atomic mass is 19.4. The lowest BCUT2D eigenvalue weighted by Crippen LogP contribution is -2.44. The van der Waals surface area contributed by atoms with Gasteiger partial charge < -0.3 is 20.7 Å². The van der Waals surface area contributed by atoms with Crippen molar-refractivity contribution in [2.45, 2.75) is 31.1 Å². The number of nitrogens with zero attached hydrogens (tertiary/aromatic N) is 2. The number of aromatic nitrogens is 2. The Morgan fingerprint density at radius 3 is 2.38 bits per heavy atom. The second-order valence-electron chi connectivity index (χ2n) is 8.03. The van der Waals surface area contributed by atoms with E-state index in [1.807, 2.05) is 0 Å². The molecule has 3 N–H and O–H groups in total. The number of carbonyl (C=O) groups excluding carboxylic acids is 2. The van der Waals surface area contributed by atoms with Crippen molar-refractivity contribution < 1.29 is 40.7 Å². The van der Waals surface area contributed by atoms with Crippen LogP contribution < -0.4 is 16.0 Å². The van der Waals surface area contributed by atoms with Crippen molar-refractivity contribution in [1.82, 2.24) is 20.4 Å². The highest BCUT2D eigenvalue weighted by molar-refractivity contribution is 5.98. The fourth-order valence-corrected chi connectivity index (χ4v) is 3.62. The molecule has 0 aliphatic carbocycles. The van der Waals surface area contributed by atoms with Crippen molar-refractivity contribution in [3.8, 4) is 16.9 Å². The van der Waals surface area contributed by atoms with Gasteiger partial charge in [0.1, 0.15) is 6.04 Å². The van der Waals surface area contributed by atoms with Gasteiger partial charge in [0.2, 0.25) is 12.0 Å². The molecule has 1 fully saturated rings. The molecule has 0 spiro atoms. The van der Waals surface area contributed by atoms with E-state index in [1.165, 1.54) is 28.9 Å². The summed E-state index contributed by atoms with van der Waals surface area (Å²) in [6.45, 7) is -0.870. The largest absolute Gasteiger partial charge is 0.423 e. The molecule has 2 aromatic carbocycles. The van der Waals surface area contributed by atoms with Crippen LogP contribution in [0, 0.1) is 0 Å². The van der Waals surface area contributed by atoms with Gasteiger partial charge in [-0.15, -0.1) is 5.10 Å². The number of anilines is 1. The third-order valence-electron chi connectivity index (χ3n) is 5.28. The van der Waals surface area contributed by atoms with Crippen LogP contribution in [-0.2, 0) is 16.1 Å². The lowest BCUT2D eigenvalue weighted by atomic mass is 10.1.